The Labute approximate surface area is 91.2 Å². The van der Waals surface area contributed by atoms with Crippen molar-refractivity contribution < 1.29 is 4.79 Å². The van der Waals surface area contributed by atoms with Gasteiger partial charge in [0.05, 0.1) is 11.9 Å². The third-order valence-electron chi connectivity index (χ3n) is 1.93. The van der Waals surface area contributed by atoms with E-state index in [-0.39, 0.29) is 17.2 Å². The number of hydrogen-bond acceptors (Lipinski definition) is 3. The molecule has 0 aliphatic carbocycles. The molecule has 0 fully saturated rings. The smallest absolute Gasteiger partial charge is 0.272 e. The molecule has 2 aromatic rings. The van der Waals surface area contributed by atoms with Crippen molar-refractivity contribution in [2.45, 2.75) is 0 Å². The predicted octanol–water partition coefficient (Wildman–Crippen LogP) is 1.02. The van der Waals surface area contributed by atoms with Gasteiger partial charge in [0.15, 0.2) is 0 Å². The molecule has 0 aliphatic rings. The van der Waals surface area contributed by atoms with Crippen molar-refractivity contribution in [3.05, 3.63) is 58.8 Å². The number of amides is 1. The minimum absolute atomic E-state index is 0.219. The minimum Gasteiger partial charge on any atom is -0.319 e. The second kappa shape index (κ2) is 4.39. The average Bonchev–Trinajstić information content (AvgIpc) is 2.30. The van der Waals surface area contributed by atoms with Crippen LogP contribution in [0.15, 0.2) is 47.5 Å². The van der Waals surface area contributed by atoms with Gasteiger partial charge in [0.2, 0.25) is 5.56 Å². The molecular weight excluding hydrogens is 206 g/mol. The number of nitrogens with zero attached hydrogens (tertiary/aromatic N) is 1. The number of carbonyl (C=O) groups excluding carboxylic acids is 1. The Kier molecular flexibility index (Phi) is 2.77. The van der Waals surface area contributed by atoms with Crippen LogP contribution in [0.2, 0.25) is 0 Å². The third-order valence-corrected chi connectivity index (χ3v) is 1.93. The van der Waals surface area contributed by atoms with E-state index in [4.69, 9.17) is 0 Å². The molecule has 2 heterocycles. The van der Waals surface area contributed by atoms with E-state index in [1.807, 2.05) is 0 Å². The third kappa shape index (κ3) is 2.33. The maximum atomic E-state index is 11.7. The van der Waals surface area contributed by atoms with Gasteiger partial charge < -0.3 is 10.3 Å². The molecule has 80 valence electrons. The summed E-state index contributed by atoms with van der Waals surface area (Å²) >= 11 is 0. The van der Waals surface area contributed by atoms with E-state index in [1.54, 1.807) is 18.3 Å². The molecule has 0 atom stereocenters. The first-order valence-electron chi connectivity index (χ1n) is 4.66. The van der Waals surface area contributed by atoms with E-state index in [1.165, 1.54) is 24.4 Å². The van der Waals surface area contributed by atoms with E-state index in [9.17, 15) is 9.59 Å². The largest absolute Gasteiger partial charge is 0.319 e. The molecule has 0 saturated heterocycles. The van der Waals surface area contributed by atoms with Gasteiger partial charge in [-0.2, -0.15) is 0 Å². The lowest BCUT2D eigenvalue weighted by molar-refractivity contribution is 0.102. The summed E-state index contributed by atoms with van der Waals surface area (Å²) < 4.78 is 0. The number of carbonyl (C=O) groups is 1. The van der Waals surface area contributed by atoms with E-state index in [0.717, 1.165) is 0 Å². The second-order valence-corrected chi connectivity index (χ2v) is 3.12. The van der Waals surface area contributed by atoms with Crippen molar-refractivity contribution in [1.29, 1.82) is 0 Å². The van der Waals surface area contributed by atoms with Gasteiger partial charge in [-0.3, -0.25) is 14.6 Å². The summed E-state index contributed by atoms with van der Waals surface area (Å²) in [5.74, 6) is -0.370. The first-order chi connectivity index (χ1) is 7.75. The zero-order valence-corrected chi connectivity index (χ0v) is 8.31. The highest BCUT2D eigenvalue weighted by Crippen LogP contribution is 2.04. The summed E-state index contributed by atoms with van der Waals surface area (Å²) in [7, 11) is 0. The van der Waals surface area contributed by atoms with Crippen LogP contribution in [-0.2, 0) is 0 Å². The lowest BCUT2D eigenvalue weighted by Gasteiger charge is -2.03. The Morgan fingerprint density at radius 2 is 2.12 bits per heavy atom. The van der Waals surface area contributed by atoms with Crippen molar-refractivity contribution in [3.63, 3.8) is 0 Å². The summed E-state index contributed by atoms with van der Waals surface area (Å²) in [6.07, 6.45) is 3.14. The van der Waals surface area contributed by atoms with Crippen molar-refractivity contribution in [1.82, 2.24) is 9.97 Å². The fourth-order valence-electron chi connectivity index (χ4n) is 1.22. The molecule has 5 nitrogen and oxygen atoms in total. The highest BCUT2D eigenvalue weighted by molar-refractivity contribution is 6.02. The Bertz CT molecular complexity index is 548. The Balaban J connectivity index is 2.18. The van der Waals surface area contributed by atoms with E-state index < -0.39 is 0 Å². The van der Waals surface area contributed by atoms with Crippen LogP contribution in [0.25, 0.3) is 0 Å². The molecular formula is C11H9N3O2. The summed E-state index contributed by atoms with van der Waals surface area (Å²) in [6.45, 7) is 0. The molecule has 0 spiro atoms. The van der Waals surface area contributed by atoms with Crippen molar-refractivity contribution in [2.75, 3.05) is 5.32 Å². The van der Waals surface area contributed by atoms with Gasteiger partial charge in [-0.15, -0.1) is 0 Å². The van der Waals surface area contributed by atoms with E-state index in [2.05, 4.69) is 15.3 Å². The quantitative estimate of drug-likeness (QED) is 0.785. The van der Waals surface area contributed by atoms with Crippen molar-refractivity contribution in [2.24, 2.45) is 0 Å². The number of aromatic nitrogens is 2. The monoisotopic (exact) mass is 215 g/mol. The number of hydrogen-bond donors (Lipinski definition) is 2. The van der Waals surface area contributed by atoms with Gasteiger partial charge in [-0.1, -0.05) is 6.07 Å². The number of pyridine rings is 2. The van der Waals surface area contributed by atoms with E-state index >= 15 is 0 Å². The number of rotatable bonds is 2. The zero-order valence-electron chi connectivity index (χ0n) is 8.31. The van der Waals surface area contributed by atoms with Gasteiger partial charge >= 0.3 is 0 Å². The van der Waals surface area contributed by atoms with Crippen LogP contribution in [0, 0.1) is 0 Å². The zero-order chi connectivity index (χ0) is 11.4. The van der Waals surface area contributed by atoms with Crippen LogP contribution in [0.3, 0.4) is 0 Å². The first kappa shape index (κ1) is 10.1. The second-order valence-electron chi connectivity index (χ2n) is 3.12. The molecule has 0 unspecified atom stereocenters. The summed E-state index contributed by atoms with van der Waals surface area (Å²) in [6, 6.07) is 7.83. The van der Waals surface area contributed by atoms with Gasteiger partial charge in [0.1, 0.15) is 5.69 Å². The van der Waals surface area contributed by atoms with Crippen LogP contribution in [-0.4, -0.2) is 15.9 Å². The molecule has 5 heteroatoms. The maximum Gasteiger partial charge on any atom is 0.272 e. The molecule has 2 aromatic heterocycles. The Hall–Kier alpha value is -2.43. The lowest BCUT2D eigenvalue weighted by Crippen LogP contribution is -2.17. The lowest BCUT2D eigenvalue weighted by atomic mass is 10.3. The summed E-state index contributed by atoms with van der Waals surface area (Å²) in [4.78, 5) is 29.0. The van der Waals surface area contributed by atoms with Crippen LogP contribution in [0.5, 0.6) is 0 Å². The predicted molar refractivity (Wildman–Crippen MR) is 59.3 cm³/mol. The van der Waals surface area contributed by atoms with E-state index in [0.29, 0.717) is 5.69 Å². The average molecular weight is 215 g/mol. The van der Waals surface area contributed by atoms with Crippen molar-refractivity contribution >= 4 is 11.6 Å². The van der Waals surface area contributed by atoms with Crippen LogP contribution >= 0.6 is 0 Å². The molecule has 16 heavy (non-hydrogen) atoms. The van der Waals surface area contributed by atoms with Crippen LogP contribution in [0.4, 0.5) is 5.69 Å². The number of anilines is 1. The van der Waals surface area contributed by atoms with Crippen LogP contribution in [0.1, 0.15) is 10.5 Å². The molecule has 0 saturated carbocycles. The Morgan fingerprint density at radius 3 is 2.81 bits per heavy atom. The van der Waals surface area contributed by atoms with Crippen molar-refractivity contribution in [3.8, 4) is 0 Å². The first-order valence-corrected chi connectivity index (χ1v) is 4.66. The SMILES string of the molecule is O=C(Nc1cccnc1)c1cccc(=O)[nH]1. The topological polar surface area (TPSA) is 74.8 Å². The highest BCUT2D eigenvalue weighted by atomic mass is 16.2. The van der Waals surface area contributed by atoms with Crippen LogP contribution < -0.4 is 10.9 Å². The normalized spacial score (nSPS) is 9.75. The Morgan fingerprint density at radius 1 is 1.25 bits per heavy atom. The minimum atomic E-state index is -0.370. The van der Waals surface area contributed by atoms with Gasteiger partial charge in [-0.25, -0.2) is 0 Å². The summed E-state index contributed by atoms with van der Waals surface area (Å²) in [5.41, 5.74) is 0.493. The molecule has 1 amide bonds. The number of nitrogens with one attached hydrogen (secondary N) is 2. The fraction of sp³-hybridized carbons (Fsp3) is 0. The molecule has 0 bridgehead atoms. The van der Waals surface area contributed by atoms with Gasteiger partial charge in [0.25, 0.3) is 5.91 Å². The van der Waals surface area contributed by atoms with Gasteiger partial charge in [0, 0.05) is 12.3 Å². The maximum absolute atomic E-state index is 11.7. The molecule has 0 aliphatic heterocycles. The summed E-state index contributed by atoms with van der Waals surface area (Å²) in [5, 5.41) is 2.61. The fourth-order valence-corrected chi connectivity index (χ4v) is 1.22. The molecule has 0 aromatic carbocycles. The standard InChI is InChI=1S/C11H9N3O2/c15-10-5-1-4-9(14-10)11(16)13-8-3-2-6-12-7-8/h1-7H,(H,13,16)(H,14,15). The molecule has 2 rings (SSSR count). The number of aromatic amines is 1. The molecule has 2 N–H and O–H groups in total. The van der Waals surface area contributed by atoms with Gasteiger partial charge in [-0.05, 0) is 18.2 Å². The molecule has 0 radical (unpaired) electrons. The number of H-pyrrole nitrogens is 1. The highest BCUT2D eigenvalue weighted by Gasteiger charge is 2.05.